The maximum Gasteiger partial charge on any atom is 0.128 e. The summed E-state index contributed by atoms with van der Waals surface area (Å²) in [7, 11) is 0. The van der Waals surface area contributed by atoms with Gasteiger partial charge in [-0.3, -0.25) is 0 Å². The Hall–Kier alpha value is -1.13. The van der Waals surface area contributed by atoms with E-state index in [1.165, 1.54) is 12.8 Å². The molecule has 1 fully saturated rings. The van der Waals surface area contributed by atoms with Crippen LogP contribution >= 0.6 is 0 Å². The molecule has 1 aromatic heterocycles. The molecule has 1 unspecified atom stereocenters. The number of rotatable bonds is 3. The van der Waals surface area contributed by atoms with Gasteiger partial charge in [-0.05, 0) is 30.4 Å². The van der Waals surface area contributed by atoms with Gasteiger partial charge in [0.05, 0.1) is 12.6 Å². The predicted octanol–water partition coefficient (Wildman–Crippen LogP) is 1.31. The molecule has 17 heavy (non-hydrogen) atoms. The van der Waals surface area contributed by atoms with Gasteiger partial charge in [0.2, 0.25) is 0 Å². The average molecular weight is 235 g/mol. The topological polar surface area (TPSA) is 62.4 Å². The van der Waals surface area contributed by atoms with Gasteiger partial charge in [-0.1, -0.05) is 13.0 Å². The molecule has 0 aliphatic carbocycles. The Morgan fingerprint density at radius 1 is 1.47 bits per heavy atom. The van der Waals surface area contributed by atoms with Crippen molar-refractivity contribution in [2.45, 2.75) is 25.8 Å². The van der Waals surface area contributed by atoms with E-state index in [1.807, 2.05) is 12.1 Å². The highest BCUT2D eigenvalue weighted by atomic mass is 16.3. The molecule has 1 aromatic rings. The summed E-state index contributed by atoms with van der Waals surface area (Å²) >= 11 is 0. The van der Waals surface area contributed by atoms with E-state index in [1.54, 1.807) is 6.20 Å². The first kappa shape index (κ1) is 12.3. The van der Waals surface area contributed by atoms with E-state index in [0.29, 0.717) is 0 Å². The monoisotopic (exact) mass is 235 g/mol. The van der Waals surface area contributed by atoms with Crippen molar-refractivity contribution in [3.63, 3.8) is 0 Å². The Morgan fingerprint density at radius 3 is 2.71 bits per heavy atom. The number of aromatic nitrogens is 1. The van der Waals surface area contributed by atoms with Crippen LogP contribution in [0.15, 0.2) is 18.3 Å². The average Bonchev–Trinajstić information content (AvgIpc) is 2.39. The summed E-state index contributed by atoms with van der Waals surface area (Å²) in [6, 6.07) is 3.64. The Bertz CT molecular complexity index is 344. The summed E-state index contributed by atoms with van der Waals surface area (Å²) < 4.78 is 0. The SMILES string of the molecule is CC1CCN(c2ccc(C(N)CO)cn2)CC1. The fourth-order valence-corrected chi connectivity index (χ4v) is 2.15. The number of piperidine rings is 1. The van der Waals surface area contributed by atoms with Crippen LogP contribution in [0.4, 0.5) is 5.82 Å². The lowest BCUT2D eigenvalue weighted by Crippen LogP contribution is -2.33. The van der Waals surface area contributed by atoms with E-state index in [9.17, 15) is 0 Å². The fourth-order valence-electron chi connectivity index (χ4n) is 2.15. The van der Waals surface area contributed by atoms with Gasteiger partial charge >= 0.3 is 0 Å². The summed E-state index contributed by atoms with van der Waals surface area (Å²) in [6.45, 7) is 4.43. The minimum Gasteiger partial charge on any atom is -0.394 e. The molecule has 1 atom stereocenters. The molecule has 1 saturated heterocycles. The van der Waals surface area contributed by atoms with Crippen LogP contribution in [-0.2, 0) is 0 Å². The fraction of sp³-hybridized carbons (Fsp3) is 0.615. The minimum absolute atomic E-state index is 0.0394. The Balaban J connectivity index is 2.02. The standard InChI is InChI=1S/C13H21N3O/c1-10-4-6-16(7-5-10)13-3-2-11(8-15-13)12(14)9-17/h2-3,8,10,12,17H,4-7,9,14H2,1H3. The van der Waals surface area contributed by atoms with E-state index in [0.717, 1.165) is 30.4 Å². The third kappa shape index (κ3) is 2.96. The summed E-state index contributed by atoms with van der Waals surface area (Å²) in [6.07, 6.45) is 4.24. The molecular weight excluding hydrogens is 214 g/mol. The van der Waals surface area contributed by atoms with Crippen molar-refractivity contribution in [3.05, 3.63) is 23.9 Å². The smallest absolute Gasteiger partial charge is 0.128 e. The van der Waals surface area contributed by atoms with Gasteiger partial charge in [-0.2, -0.15) is 0 Å². The first-order chi connectivity index (χ1) is 8.20. The molecule has 1 aliphatic rings. The summed E-state index contributed by atoms with van der Waals surface area (Å²) in [5.74, 6) is 1.85. The molecule has 0 bridgehead atoms. The molecule has 2 heterocycles. The van der Waals surface area contributed by atoms with Crippen LogP contribution in [-0.4, -0.2) is 29.8 Å². The number of aliphatic hydroxyl groups is 1. The van der Waals surface area contributed by atoms with Crippen molar-refractivity contribution in [1.82, 2.24) is 4.98 Å². The van der Waals surface area contributed by atoms with Crippen LogP contribution in [0, 0.1) is 5.92 Å². The van der Waals surface area contributed by atoms with Gasteiger partial charge in [0, 0.05) is 19.3 Å². The lowest BCUT2D eigenvalue weighted by Gasteiger charge is -2.31. The molecular formula is C13H21N3O. The van der Waals surface area contributed by atoms with Crippen molar-refractivity contribution in [2.24, 2.45) is 11.7 Å². The third-order valence-electron chi connectivity index (χ3n) is 3.50. The van der Waals surface area contributed by atoms with Crippen molar-refractivity contribution in [2.75, 3.05) is 24.6 Å². The van der Waals surface area contributed by atoms with E-state index in [-0.39, 0.29) is 12.6 Å². The first-order valence-corrected chi connectivity index (χ1v) is 6.28. The van der Waals surface area contributed by atoms with Crippen LogP contribution in [0.5, 0.6) is 0 Å². The van der Waals surface area contributed by atoms with Gasteiger partial charge in [0.25, 0.3) is 0 Å². The van der Waals surface area contributed by atoms with Crippen LogP contribution < -0.4 is 10.6 Å². The van der Waals surface area contributed by atoms with Crippen molar-refractivity contribution >= 4 is 5.82 Å². The number of hydrogen-bond acceptors (Lipinski definition) is 4. The van der Waals surface area contributed by atoms with Gasteiger partial charge in [0.1, 0.15) is 5.82 Å². The molecule has 0 spiro atoms. The molecule has 94 valence electrons. The number of anilines is 1. The van der Waals surface area contributed by atoms with E-state index in [2.05, 4.69) is 16.8 Å². The van der Waals surface area contributed by atoms with Crippen LogP contribution in [0.3, 0.4) is 0 Å². The van der Waals surface area contributed by atoms with Crippen LogP contribution in [0.2, 0.25) is 0 Å². The molecule has 2 rings (SSSR count). The zero-order valence-corrected chi connectivity index (χ0v) is 10.3. The zero-order chi connectivity index (χ0) is 12.3. The third-order valence-corrected chi connectivity index (χ3v) is 3.50. The molecule has 0 aromatic carbocycles. The largest absolute Gasteiger partial charge is 0.394 e. The lowest BCUT2D eigenvalue weighted by atomic mass is 9.99. The summed E-state index contributed by atoms with van der Waals surface area (Å²) in [5, 5.41) is 8.97. The second-order valence-corrected chi connectivity index (χ2v) is 4.91. The summed E-state index contributed by atoms with van der Waals surface area (Å²) in [4.78, 5) is 6.74. The van der Waals surface area contributed by atoms with Gasteiger partial charge in [-0.15, -0.1) is 0 Å². The van der Waals surface area contributed by atoms with Crippen LogP contribution in [0.25, 0.3) is 0 Å². The normalized spacial score (nSPS) is 19.4. The van der Waals surface area contributed by atoms with Gasteiger partial charge in [-0.25, -0.2) is 4.98 Å². The highest BCUT2D eigenvalue weighted by molar-refractivity contribution is 5.40. The Labute approximate surface area is 102 Å². The highest BCUT2D eigenvalue weighted by Crippen LogP contribution is 2.21. The zero-order valence-electron chi connectivity index (χ0n) is 10.3. The molecule has 4 nitrogen and oxygen atoms in total. The summed E-state index contributed by atoms with van der Waals surface area (Å²) in [5.41, 5.74) is 6.63. The van der Waals surface area contributed by atoms with E-state index >= 15 is 0 Å². The maximum absolute atomic E-state index is 8.97. The Morgan fingerprint density at radius 2 is 2.18 bits per heavy atom. The number of aliphatic hydroxyl groups excluding tert-OH is 1. The maximum atomic E-state index is 8.97. The highest BCUT2D eigenvalue weighted by Gasteiger charge is 2.17. The number of pyridine rings is 1. The minimum atomic E-state index is -0.321. The number of hydrogen-bond donors (Lipinski definition) is 2. The molecule has 1 aliphatic heterocycles. The van der Waals surface area contributed by atoms with Crippen LogP contribution in [0.1, 0.15) is 31.4 Å². The van der Waals surface area contributed by atoms with E-state index < -0.39 is 0 Å². The molecule has 4 heteroatoms. The number of nitrogens with two attached hydrogens (primary N) is 1. The van der Waals surface area contributed by atoms with Crippen molar-refractivity contribution in [3.8, 4) is 0 Å². The molecule has 3 N–H and O–H groups in total. The lowest BCUT2D eigenvalue weighted by molar-refractivity contribution is 0.268. The molecule has 0 radical (unpaired) electrons. The molecule has 0 amide bonds. The van der Waals surface area contributed by atoms with Gasteiger partial charge in [0.15, 0.2) is 0 Å². The number of nitrogens with zero attached hydrogens (tertiary/aromatic N) is 2. The second-order valence-electron chi connectivity index (χ2n) is 4.91. The van der Waals surface area contributed by atoms with E-state index in [4.69, 9.17) is 10.8 Å². The van der Waals surface area contributed by atoms with Crippen molar-refractivity contribution in [1.29, 1.82) is 0 Å². The second kappa shape index (κ2) is 5.47. The first-order valence-electron chi connectivity index (χ1n) is 6.28. The predicted molar refractivity (Wildman–Crippen MR) is 68.9 cm³/mol. The van der Waals surface area contributed by atoms with Crippen molar-refractivity contribution < 1.29 is 5.11 Å². The van der Waals surface area contributed by atoms with Gasteiger partial charge < -0.3 is 15.7 Å². The quantitative estimate of drug-likeness (QED) is 0.829. The Kier molecular flexibility index (Phi) is 3.97. The molecule has 0 saturated carbocycles.